The summed E-state index contributed by atoms with van der Waals surface area (Å²) < 4.78 is 64.6. The van der Waals surface area contributed by atoms with Gasteiger partial charge in [0, 0.05) is 18.3 Å². The normalized spacial score (nSPS) is 22.2. The minimum Gasteiger partial charge on any atom is -0.385 e. The first-order chi connectivity index (χ1) is 11.9. The van der Waals surface area contributed by atoms with Crippen LogP contribution < -0.4 is 10.0 Å². The highest BCUT2D eigenvalue weighted by molar-refractivity contribution is 7.90. The van der Waals surface area contributed by atoms with Gasteiger partial charge in [0.1, 0.15) is 0 Å². The molecular formula is C18H27F3N2O2S. The Morgan fingerprint density at radius 2 is 1.69 bits per heavy atom. The molecule has 1 aliphatic carbocycles. The maximum absolute atomic E-state index is 12.7. The van der Waals surface area contributed by atoms with Gasteiger partial charge in [-0.3, -0.25) is 0 Å². The summed E-state index contributed by atoms with van der Waals surface area (Å²) in [4.78, 5) is 0. The molecule has 1 aromatic carbocycles. The fraction of sp³-hybridized carbons (Fsp3) is 0.667. The summed E-state index contributed by atoms with van der Waals surface area (Å²) in [6.07, 6.45) is -1.19. The van der Waals surface area contributed by atoms with E-state index in [0.29, 0.717) is 18.2 Å². The number of hydrogen-bond acceptors (Lipinski definition) is 3. The van der Waals surface area contributed by atoms with E-state index in [2.05, 4.69) is 10.0 Å². The van der Waals surface area contributed by atoms with Gasteiger partial charge in [-0.15, -0.1) is 0 Å². The number of sulfonamides is 1. The molecule has 4 nitrogen and oxygen atoms in total. The van der Waals surface area contributed by atoms with Gasteiger partial charge in [-0.2, -0.15) is 13.2 Å². The Kier molecular flexibility index (Phi) is 6.28. The van der Waals surface area contributed by atoms with E-state index in [0.717, 1.165) is 37.8 Å². The molecule has 1 aliphatic rings. The predicted molar refractivity (Wildman–Crippen MR) is 97.5 cm³/mol. The molecule has 8 heteroatoms. The lowest BCUT2D eigenvalue weighted by Crippen LogP contribution is -2.46. The topological polar surface area (TPSA) is 58.2 Å². The van der Waals surface area contributed by atoms with E-state index in [1.807, 2.05) is 0 Å². The number of halogens is 3. The first-order valence-electron chi connectivity index (χ1n) is 8.81. The van der Waals surface area contributed by atoms with Crippen LogP contribution in [0.15, 0.2) is 24.3 Å². The molecule has 2 rings (SSSR count). The van der Waals surface area contributed by atoms with Crippen molar-refractivity contribution in [1.29, 1.82) is 0 Å². The van der Waals surface area contributed by atoms with E-state index in [9.17, 15) is 21.6 Å². The average Bonchev–Trinajstić information content (AvgIpc) is 2.52. The Morgan fingerprint density at radius 3 is 2.23 bits per heavy atom. The van der Waals surface area contributed by atoms with Gasteiger partial charge >= 0.3 is 6.18 Å². The fourth-order valence-electron chi connectivity index (χ4n) is 2.95. The zero-order valence-corrected chi connectivity index (χ0v) is 16.2. The van der Waals surface area contributed by atoms with Gasteiger partial charge in [0.15, 0.2) is 0 Å². The summed E-state index contributed by atoms with van der Waals surface area (Å²) >= 11 is 0. The van der Waals surface area contributed by atoms with Crippen molar-refractivity contribution in [2.75, 3.05) is 11.9 Å². The number of hydrogen-bond donors (Lipinski definition) is 2. The van der Waals surface area contributed by atoms with Crippen LogP contribution in [0.4, 0.5) is 18.9 Å². The number of alkyl halides is 3. The van der Waals surface area contributed by atoms with Crippen molar-refractivity contribution in [2.24, 2.45) is 5.92 Å². The first kappa shape index (κ1) is 21.0. The molecule has 0 aromatic heterocycles. The number of nitrogens with one attached hydrogen (secondary N) is 2. The van der Waals surface area contributed by atoms with E-state index in [-0.39, 0.29) is 6.04 Å². The third-order valence-corrected chi connectivity index (χ3v) is 7.02. The van der Waals surface area contributed by atoms with E-state index in [4.69, 9.17) is 0 Å². The SMILES string of the molecule is CC(C)(C)S(=O)(=O)NC1CCC(CNc2cccc(C(F)(F)F)c2)CC1. The Morgan fingerprint density at radius 1 is 1.08 bits per heavy atom. The molecule has 26 heavy (non-hydrogen) atoms. The number of anilines is 1. The van der Waals surface area contributed by atoms with Crippen molar-refractivity contribution < 1.29 is 21.6 Å². The minimum atomic E-state index is -4.35. The Balaban J connectivity index is 1.83. The van der Waals surface area contributed by atoms with Crippen LogP contribution in [-0.4, -0.2) is 25.8 Å². The van der Waals surface area contributed by atoms with E-state index in [1.54, 1.807) is 26.8 Å². The van der Waals surface area contributed by atoms with Crippen molar-refractivity contribution in [1.82, 2.24) is 4.72 Å². The number of benzene rings is 1. The summed E-state index contributed by atoms with van der Waals surface area (Å²) in [7, 11) is -3.36. The molecule has 1 fully saturated rings. The highest BCUT2D eigenvalue weighted by Crippen LogP contribution is 2.31. The molecule has 0 atom stereocenters. The maximum atomic E-state index is 12.7. The summed E-state index contributed by atoms with van der Waals surface area (Å²) in [6.45, 7) is 5.58. The Labute approximate surface area is 153 Å². The van der Waals surface area contributed by atoms with E-state index < -0.39 is 26.5 Å². The van der Waals surface area contributed by atoms with Gasteiger partial charge in [-0.1, -0.05) is 6.07 Å². The lowest BCUT2D eigenvalue weighted by molar-refractivity contribution is -0.137. The van der Waals surface area contributed by atoms with Crippen LogP contribution >= 0.6 is 0 Å². The van der Waals surface area contributed by atoms with Crippen LogP contribution in [0.2, 0.25) is 0 Å². The van der Waals surface area contributed by atoms with Crippen molar-refractivity contribution in [2.45, 2.75) is 63.4 Å². The molecule has 0 heterocycles. The minimum absolute atomic E-state index is 0.0657. The first-order valence-corrected chi connectivity index (χ1v) is 10.3. The molecule has 1 saturated carbocycles. The molecule has 0 aliphatic heterocycles. The molecule has 2 N–H and O–H groups in total. The fourth-order valence-corrected chi connectivity index (χ4v) is 3.98. The third-order valence-electron chi connectivity index (χ3n) is 4.76. The van der Waals surface area contributed by atoms with Crippen molar-refractivity contribution in [3.8, 4) is 0 Å². The van der Waals surface area contributed by atoms with Crippen molar-refractivity contribution in [3.63, 3.8) is 0 Å². The molecule has 148 valence electrons. The van der Waals surface area contributed by atoms with Crippen LogP contribution in [0.5, 0.6) is 0 Å². The van der Waals surface area contributed by atoms with Gasteiger partial charge in [-0.05, 0) is 70.6 Å². The maximum Gasteiger partial charge on any atom is 0.416 e. The summed E-state index contributed by atoms with van der Waals surface area (Å²) in [5.41, 5.74) is -0.210. The quantitative estimate of drug-likeness (QED) is 0.781. The van der Waals surface area contributed by atoms with Crippen LogP contribution in [0.25, 0.3) is 0 Å². The second-order valence-electron chi connectivity index (χ2n) is 7.91. The zero-order valence-electron chi connectivity index (χ0n) is 15.4. The highest BCUT2D eigenvalue weighted by Gasteiger charge is 2.33. The highest BCUT2D eigenvalue weighted by atomic mass is 32.2. The van der Waals surface area contributed by atoms with Crippen molar-refractivity contribution >= 4 is 15.7 Å². The second-order valence-corrected chi connectivity index (χ2v) is 10.4. The van der Waals surface area contributed by atoms with Gasteiger partial charge in [0.25, 0.3) is 0 Å². The van der Waals surface area contributed by atoms with Gasteiger partial charge in [0.2, 0.25) is 10.0 Å². The van der Waals surface area contributed by atoms with Crippen LogP contribution in [0, 0.1) is 5.92 Å². The molecule has 0 radical (unpaired) electrons. The largest absolute Gasteiger partial charge is 0.416 e. The molecule has 0 amide bonds. The summed E-state index contributed by atoms with van der Waals surface area (Å²) in [5, 5.41) is 3.08. The van der Waals surface area contributed by atoms with Gasteiger partial charge in [0.05, 0.1) is 10.3 Å². The molecule has 0 spiro atoms. The summed E-state index contributed by atoms with van der Waals surface area (Å²) in [6, 6.07) is 5.12. The zero-order chi connectivity index (χ0) is 19.6. The Bertz CT molecular complexity index is 704. The third kappa shape index (κ3) is 5.61. The monoisotopic (exact) mass is 392 g/mol. The molecule has 0 saturated heterocycles. The predicted octanol–water partition coefficient (Wildman–Crippen LogP) is 4.39. The van der Waals surface area contributed by atoms with E-state index >= 15 is 0 Å². The van der Waals surface area contributed by atoms with Gasteiger partial charge in [-0.25, -0.2) is 13.1 Å². The van der Waals surface area contributed by atoms with Crippen LogP contribution in [0.1, 0.15) is 52.0 Å². The molecular weight excluding hydrogens is 365 g/mol. The molecule has 1 aromatic rings. The summed E-state index contributed by atoms with van der Waals surface area (Å²) in [5.74, 6) is 0.319. The number of rotatable bonds is 5. The second kappa shape index (κ2) is 7.76. The average molecular weight is 392 g/mol. The lowest BCUT2D eigenvalue weighted by atomic mass is 9.86. The van der Waals surface area contributed by atoms with E-state index in [1.165, 1.54) is 6.07 Å². The Hall–Kier alpha value is -1.28. The standard InChI is InChI=1S/C18H27F3N2O2S/c1-17(2,3)26(24,25)23-15-9-7-13(8-10-15)12-22-16-6-4-5-14(11-16)18(19,20)21/h4-6,11,13,15,22-23H,7-10,12H2,1-3H3. The molecule has 0 bridgehead atoms. The van der Waals surface area contributed by atoms with Crippen LogP contribution in [-0.2, 0) is 16.2 Å². The molecule has 0 unspecified atom stereocenters. The smallest absolute Gasteiger partial charge is 0.385 e. The van der Waals surface area contributed by atoms with Crippen molar-refractivity contribution in [3.05, 3.63) is 29.8 Å². The lowest BCUT2D eigenvalue weighted by Gasteiger charge is -2.31. The van der Waals surface area contributed by atoms with Gasteiger partial charge < -0.3 is 5.32 Å². The van der Waals surface area contributed by atoms with Crippen LogP contribution in [0.3, 0.4) is 0 Å².